The van der Waals surface area contributed by atoms with Crippen molar-refractivity contribution in [1.82, 2.24) is 24.2 Å². The third kappa shape index (κ3) is 5.47. The quantitative estimate of drug-likeness (QED) is 0.671. The number of imidazole rings is 1. The molecule has 0 fully saturated rings. The smallest absolute Gasteiger partial charge is 0.475 e. The molecule has 1 aliphatic heterocycles. The zero-order chi connectivity index (χ0) is 21.7. The monoisotopic (exact) mass is 441 g/mol. The minimum absolute atomic E-state index is 0.176. The number of carbonyl (C=O) groups is 2. The number of carboxylic acid groups (broad SMARTS) is 1. The Balaban J connectivity index is 0.000000318. The van der Waals surface area contributed by atoms with E-state index in [2.05, 4.69) is 14.6 Å². The van der Waals surface area contributed by atoms with E-state index < -0.39 is 12.1 Å². The van der Waals surface area contributed by atoms with Gasteiger partial charge in [-0.25, -0.2) is 9.78 Å². The first-order valence-electron chi connectivity index (χ1n) is 8.85. The van der Waals surface area contributed by atoms with E-state index in [4.69, 9.17) is 9.90 Å². The van der Waals surface area contributed by atoms with Gasteiger partial charge in [0.2, 0.25) is 5.91 Å². The van der Waals surface area contributed by atoms with Crippen LogP contribution in [-0.4, -0.2) is 53.9 Å². The Kier molecular flexibility index (Phi) is 6.55. The number of carbonyl (C=O) groups excluding carboxylic acids is 1. The number of aliphatic carboxylic acids is 1. The summed E-state index contributed by atoms with van der Waals surface area (Å²) >= 11 is 1.63. The molecule has 0 aliphatic carbocycles. The lowest BCUT2D eigenvalue weighted by atomic mass is 10.2. The largest absolute Gasteiger partial charge is 0.490 e. The highest BCUT2D eigenvalue weighted by Crippen LogP contribution is 2.17. The van der Waals surface area contributed by atoms with E-state index in [0.29, 0.717) is 19.5 Å². The fraction of sp³-hybridized carbons (Fsp3) is 0.333. The summed E-state index contributed by atoms with van der Waals surface area (Å²) in [6.45, 7) is 2.83. The fourth-order valence-electron chi connectivity index (χ4n) is 2.90. The van der Waals surface area contributed by atoms with Crippen LogP contribution in [0.25, 0.3) is 0 Å². The van der Waals surface area contributed by atoms with Gasteiger partial charge in [0.1, 0.15) is 5.82 Å². The summed E-state index contributed by atoms with van der Waals surface area (Å²) in [6, 6.07) is 5.91. The summed E-state index contributed by atoms with van der Waals surface area (Å²) < 4.78 is 35.8. The van der Waals surface area contributed by atoms with Crippen molar-refractivity contribution in [3.63, 3.8) is 0 Å². The van der Waals surface area contributed by atoms with E-state index in [9.17, 15) is 18.0 Å². The highest BCUT2D eigenvalue weighted by Gasteiger charge is 2.38. The molecular formula is C18H18F3N5O3S. The summed E-state index contributed by atoms with van der Waals surface area (Å²) in [5.41, 5.74) is 1.13. The normalized spacial score (nSPS) is 13.4. The highest BCUT2D eigenvalue weighted by molar-refractivity contribution is 7.10. The number of hydrogen-bond donors (Lipinski definition) is 1. The lowest BCUT2D eigenvalue weighted by molar-refractivity contribution is -0.192. The zero-order valence-corrected chi connectivity index (χ0v) is 16.4. The van der Waals surface area contributed by atoms with E-state index >= 15 is 0 Å². The minimum Gasteiger partial charge on any atom is -0.475 e. The maximum atomic E-state index is 12.4. The lowest BCUT2D eigenvalue weighted by Gasteiger charge is -2.28. The number of alkyl halides is 3. The number of carboxylic acids is 1. The SMILES string of the molecule is O=C(Cc1cccs1)N1CCn2c(Cn3cccn3)cnc2C1.O=C(O)C(F)(F)F. The summed E-state index contributed by atoms with van der Waals surface area (Å²) in [5.74, 6) is -1.62. The maximum Gasteiger partial charge on any atom is 0.490 e. The van der Waals surface area contributed by atoms with Crippen molar-refractivity contribution in [2.24, 2.45) is 0 Å². The lowest BCUT2D eigenvalue weighted by Crippen LogP contribution is -2.39. The van der Waals surface area contributed by atoms with Crippen molar-refractivity contribution >= 4 is 23.2 Å². The molecule has 0 atom stereocenters. The molecule has 1 aliphatic rings. The Morgan fingerprint density at radius 2 is 2.00 bits per heavy atom. The van der Waals surface area contributed by atoms with Crippen LogP contribution in [0.1, 0.15) is 16.4 Å². The van der Waals surface area contributed by atoms with Gasteiger partial charge in [0.15, 0.2) is 0 Å². The Morgan fingerprint density at radius 3 is 2.60 bits per heavy atom. The second kappa shape index (κ2) is 9.11. The standard InChI is InChI=1S/C16H17N5OS.C2HF3O2/c22-16(9-14-3-1-8-23-14)19-6-7-21-13(10-17-15(21)12-19)11-20-5-2-4-18-20;3-2(4,5)1(6)7/h1-5,8,10H,6-7,9,11-12H2;(H,6,7). The molecule has 0 bridgehead atoms. The Hall–Kier alpha value is -3.15. The maximum absolute atomic E-state index is 12.4. The predicted molar refractivity (Wildman–Crippen MR) is 101 cm³/mol. The molecule has 1 amide bonds. The van der Waals surface area contributed by atoms with Crippen LogP contribution in [0.3, 0.4) is 0 Å². The third-order valence-electron chi connectivity index (χ3n) is 4.33. The van der Waals surface area contributed by atoms with Crippen LogP contribution in [0.4, 0.5) is 13.2 Å². The second-order valence-corrected chi connectivity index (χ2v) is 7.43. The Bertz CT molecular complexity index is 984. The van der Waals surface area contributed by atoms with Crippen LogP contribution in [-0.2, 0) is 35.6 Å². The van der Waals surface area contributed by atoms with Gasteiger partial charge in [0.05, 0.1) is 31.4 Å². The van der Waals surface area contributed by atoms with Gasteiger partial charge in [0, 0.05) is 30.4 Å². The van der Waals surface area contributed by atoms with E-state index in [0.717, 1.165) is 29.5 Å². The molecule has 30 heavy (non-hydrogen) atoms. The van der Waals surface area contributed by atoms with Gasteiger partial charge in [-0.05, 0) is 17.5 Å². The van der Waals surface area contributed by atoms with E-state index in [1.807, 2.05) is 45.6 Å². The molecule has 3 aromatic heterocycles. The summed E-state index contributed by atoms with van der Waals surface area (Å²) in [5, 5.41) is 13.4. The Labute approximate surface area is 173 Å². The first kappa shape index (κ1) is 21.6. The van der Waals surface area contributed by atoms with Crippen molar-refractivity contribution in [1.29, 1.82) is 0 Å². The van der Waals surface area contributed by atoms with Crippen molar-refractivity contribution in [2.45, 2.75) is 32.2 Å². The van der Waals surface area contributed by atoms with Crippen LogP contribution in [0, 0.1) is 0 Å². The van der Waals surface area contributed by atoms with Crippen LogP contribution in [0.2, 0.25) is 0 Å². The molecule has 0 saturated carbocycles. The summed E-state index contributed by atoms with van der Waals surface area (Å²) in [4.78, 5) is 28.8. The molecule has 12 heteroatoms. The van der Waals surface area contributed by atoms with E-state index in [1.165, 1.54) is 0 Å². The van der Waals surface area contributed by atoms with Gasteiger partial charge in [0.25, 0.3) is 0 Å². The molecule has 160 valence electrons. The highest BCUT2D eigenvalue weighted by atomic mass is 32.1. The number of halogens is 3. The third-order valence-corrected chi connectivity index (χ3v) is 5.21. The van der Waals surface area contributed by atoms with Crippen LogP contribution in [0.15, 0.2) is 42.2 Å². The van der Waals surface area contributed by atoms with Gasteiger partial charge >= 0.3 is 12.1 Å². The predicted octanol–water partition coefficient (Wildman–Crippen LogP) is 2.41. The van der Waals surface area contributed by atoms with Crippen molar-refractivity contribution in [2.75, 3.05) is 6.54 Å². The second-order valence-electron chi connectivity index (χ2n) is 6.40. The first-order chi connectivity index (χ1) is 14.2. The summed E-state index contributed by atoms with van der Waals surface area (Å²) in [7, 11) is 0. The van der Waals surface area contributed by atoms with Crippen molar-refractivity contribution in [3.8, 4) is 0 Å². The van der Waals surface area contributed by atoms with Gasteiger partial charge in [-0.2, -0.15) is 18.3 Å². The fourth-order valence-corrected chi connectivity index (χ4v) is 3.59. The zero-order valence-electron chi connectivity index (χ0n) is 15.6. The van der Waals surface area contributed by atoms with Crippen molar-refractivity contribution < 1.29 is 27.9 Å². The summed E-state index contributed by atoms with van der Waals surface area (Å²) in [6.07, 6.45) is 1.01. The first-order valence-corrected chi connectivity index (χ1v) is 9.73. The molecule has 0 saturated heterocycles. The molecular weight excluding hydrogens is 423 g/mol. The number of rotatable bonds is 4. The van der Waals surface area contributed by atoms with Crippen molar-refractivity contribution in [3.05, 3.63) is 58.6 Å². The molecule has 4 rings (SSSR count). The topological polar surface area (TPSA) is 93.3 Å². The number of hydrogen-bond acceptors (Lipinski definition) is 5. The molecule has 1 N–H and O–H groups in total. The van der Waals surface area contributed by atoms with E-state index in [-0.39, 0.29) is 5.91 Å². The Morgan fingerprint density at radius 1 is 1.23 bits per heavy atom. The number of aromatic nitrogens is 4. The number of amides is 1. The van der Waals surface area contributed by atoms with Gasteiger partial charge in [-0.3, -0.25) is 9.48 Å². The molecule has 0 spiro atoms. The molecule has 4 heterocycles. The number of fused-ring (bicyclic) bond motifs is 1. The molecule has 0 aromatic carbocycles. The van der Waals surface area contributed by atoms with Crippen LogP contribution >= 0.6 is 11.3 Å². The van der Waals surface area contributed by atoms with Crippen LogP contribution in [0.5, 0.6) is 0 Å². The van der Waals surface area contributed by atoms with E-state index in [1.54, 1.807) is 17.5 Å². The molecule has 0 radical (unpaired) electrons. The number of thiophene rings is 1. The van der Waals surface area contributed by atoms with Gasteiger partial charge < -0.3 is 14.6 Å². The molecule has 8 nitrogen and oxygen atoms in total. The van der Waals surface area contributed by atoms with Crippen LogP contribution < -0.4 is 0 Å². The molecule has 0 unspecified atom stereocenters. The average molecular weight is 441 g/mol. The molecule has 3 aromatic rings. The van der Waals surface area contributed by atoms with Gasteiger partial charge in [-0.15, -0.1) is 11.3 Å². The number of nitrogens with zero attached hydrogens (tertiary/aromatic N) is 5. The van der Waals surface area contributed by atoms with Gasteiger partial charge in [-0.1, -0.05) is 6.07 Å². The minimum atomic E-state index is -5.08. The average Bonchev–Trinajstić information content (AvgIpc) is 3.44.